The zero-order valence-corrected chi connectivity index (χ0v) is 15.4. The zero-order chi connectivity index (χ0) is 17.9. The molecule has 3 aliphatic rings. The molecule has 0 spiro atoms. The number of amides is 1. The summed E-state index contributed by atoms with van der Waals surface area (Å²) < 4.78 is 14.5. The summed E-state index contributed by atoms with van der Waals surface area (Å²) >= 11 is 0. The molecule has 1 aromatic heterocycles. The van der Waals surface area contributed by atoms with E-state index in [4.69, 9.17) is 0 Å². The highest BCUT2D eigenvalue weighted by Gasteiger charge is 2.37. The molecule has 26 heavy (non-hydrogen) atoms. The van der Waals surface area contributed by atoms with E-state index in [0.29, 0.717) is 30.1 Å². The Morgan fingerprint density at radius 3 is 2.42 bits per heavy atom. The van der Waals surface area contributed by atoms with Gasteiger partial charge in [-0.15, -0.1) is 0 Å². The van der Waals surface area contributed by atoms with Crippen molar-refractivity contribution in [3.63, 3.8) is 0 Å². The minimum atomic E-state index is -0.345. The maximum atomic E-state index is 14.5. The standard InChI is InChI=1S/C20H29FN4O/c21-18-12-15(13-22-20(18)24-10-3-1-2-4-11-24)23-19(26)14-25-16-6-5-7-17(25)9-8-16/h12-13,16-17H,1-11,14H2,(H,23,26). The van der Waals surface area contributed by atoms with Gasteiger partial charge in [-0.2, -0.15) is 0 Å². The number of carbonyl (C=O) groups is 1. The third-order valence-corrected chi connectivity index (χ3v) is 6.18. The van der Waals surface area contributed by atoms with Crippen LogP contribution in [0.4, 0.5) is 15.9 Å². The number of aromatic nitrogens is 1. The van der Waals surface area contributed by atoms with Crippen LogP contribution in [0.1, 0.15) is 57.8 Å². The van der Waals surface area contributed by atoms with Crippen LogP contribution >= 0.6 is 0 Å². The van der Waals surface area contributed by atoms with Gasteiger partial charge < -0.3 is 10.2 Å². The monoisotopic (exact) mass is 360 g/mol. The number of piperidine rings is 1. The number of fused-ring (bicyclic) bond motifs is 2. The average Bonchev–Trinajstić information content (AvgIpc) is 2.86. The minimum absolute atomic E-state index is 0.0625. The van der Waals surface area contributed by atoms with Gasteiger partial charge in [0.05, 0.1) is 18.4 Å². The number of halogens is 1. The zero-order valence-electron chi connectivity index (χ0n) is 15.4. The number of hydrogen-bond acceptors (Lipinski definition) is 4. The molecule has 5 nitrogen and oxygen atoms in total. The van der Waals surface area contributed by atoms with Gasteiger partial charge in [-0.1, -0.05) is 19.3 Å². The van der Waals surface area contributed by atoms with Crippen LogP contribution in [0.25, 0.3) is 0 Å². The Morgan fingerprint density at radius 1 is 1.08 bits per heavy atom. The molecule has 2 bridgehead atoms. The highest BCUT2D eigenvalue weighted by molar-refractivity contribution is 5.92. The summed E-state index contributed by atoms with van der Waals surface area (Å²) in [4.78, 5) is 21.1. The molecule has 6 heteroatoms. The lowest BCUT2D eigenvalue weighted by atomic mass is 10.0. The second kappa shape index (κ2) is 7.91. The summed E-state index contributed by atoms with van der Waals surface area (Å²) in [5.41, 5.74) is 0.454. The molecule has 0 saturated carbocycles. The molecular weight excluding hydrogens is 331 g/mol. The van der Waals surface area contributed by atoms with E-state index in [1.807, 2.05) is 4.90 Å². The molecule has 4 heterocycles. The van der Waals surface area contributed by atoms with Crippen LogP contribution in [-0.2, 0) is 4.79 Å². The van der Waals surface area contributed by atoms with Crippen LogP contribution in [0.5, 0.6) is 0 Å². The first kappa shape index (κ1) is 17.7. The maximum Gasteiger partial charge on any atom is 0.238 e. The van der Waals surface area contributed by atoms with E-state index in [1.54, 1.807) is 6.20 Å². The van der Waals surface area contributed by atoms with Crippen LogP contribution in [0.2, 0.25) is 0 Å². The van der Waals surface area contributed by atoms with Crippen LogP contribution < -0.4 is 10.2 Å². The average molecular weight is 360 g/mol. The third kappa shape index (κ3) is 3.85. The maximum absolute atomic E-state index is 14.5. The molecule has 142 valence electrons. The van der Waals surface area contributed by atoms with Gasteiger partial charge in [0, 0.05) is 31.2 Å². The van der Waals surface area contributed by atoms with Crippen molar-refractivity contribution in [2.45, 2.75) is 69.9 Å². The lowest BCUT2D eigenvalue weighted by Gasteiger charge is -2.33. The van der Waals surface area contributed by atoms with E-state index in [2.05, 4.69) is 15.2 Å². The molecule has 2 atom stereocenters. The summed E-state index contributed by atoms with van der Waals surface area (Å²) in [6, 6.07) is 2.52. The quantitative estimate of drug-likeness (QED) is 0.892. The van der Waals surface area contributed by atoms with Crippen molar-refractivity contribution >= 4 is 17.4 Å². The van der Waals surface area contributed by atoms with Crippen molar-refractivity contribution in [2.24, 2.45) is 0 Å². The van der Waals surface area contributed by atoms with Gasteiger partial charge in [0.1, 0.15) is 0 Å². The molecule has 0 aromatic carbocycles. The van der Waals surface area contributed by atoms with Crippen molar-refractivity contribution in [3.8, 4) is 0 Å². The molecule has 3 saturated heterocycles. The Morgan fingerprint density at radius 2 is 1.77 bits per heavy atom. The van der Waals surface area contributed by atoms with Crippen LogP contribution in [-0.4, -0.2) is 47.5 Å². The normalized spacial score (nSPS) is 26.6. The number of anilines is 2. The van der Waals surface area contributed by atoms with Crippen LogP contribution in [0, 0.1) is 5.82 Å². The van der Waals surface area contributed by atoms with Gasteiger partial charge in [0.15, 0.2) is 11.6 Å². The summed E-state index contributed by atoms with van der Waals surface area (Å²) in [5, 5.41) is 2.84. The topological polar surface area (TPSA) is 48.5 Å². The fraction of sp³-hybridized carbons (Fsp3) is 0.700. The number of carbonyl (C=O) groups excluding carboxylic acids is 1. The Kier molecular flexibility index (Phi) is 5.38. The molecule has 0 radical (unpaired) electrons. The van der Waals surface area contributed by atoms with Crippen molar-refractivity contribution in [1.29, 1.82) is 0 Å². The van der Waals surface area contributed by atoms with Crippen molar-refractivity contribution < 1.29 is 9.18 Å². The molecule has 4 rings (SSSR count). The molecule has 1 aromatic rings. The largest absolute Gasteiger partial charge is 0.354 e. The predicted octanol–water partition coefficient (Wildman–Crippen LogP) is 3.56. The summed E-state index contributed by atoms with van der Waals surface area (Å²) in [6.45, 7) is 2.12. The van der Waals surface area contributed by atoms with Gasteiger partial charge in [-0.3, -0.25) is 9.69 Å². The number of rotatable bonds is 4. The van der Waals surface area contributed by atoms with Gasteiger partial charge in [0.2, 0.25) is 5.91 Å². The third-order valence-electron chi connectivity index (χ3n) is 6.18. The molecule has 2 unspecified atom stereocenters. The fourth-order valence-corrected chi connectivity index (χ4v) is 4.86. The summed E-state index contributed by atoms with van der Waals surface area (Å²) in [5.74, 6) is 0.00855. The SMILES string of the molecule is O=C(CN1C2CCCC1CC2)Nc1cnc(N2CCCCCC2)c(F)c1. The second-order valence-corrected chi connectivity index (χ2v) is 7.97. The van der Waals surface area contributed by atoms with E-state index in [-0.39, 0.29) is 11.7 Å². The van der Waals surface area contributed by atoms with Crippen LogP contribution in [0.15, 0.2) is 12.3 Å². The van der Waals surface area contributed by atoms with Crippen molar-refractivity contribution in [3.05, 3.63) is 18.1 Å². The highest BCUT2D eigenvalue weighted by Crippen LogP contribution is 2.35. The Labute approximate surface area is 155 Å². The molecule has 3 aliphatic heterocycles. The second-order valence-electron chi connectivity index (χ2n) is 7.97. The first-order valence-electron chi connectivity index (χ1n) is 10.2. The van der Waals surface area contributed by atoms with Crippen LogP contribution in [0.3, 0.4) is 0 Å². The Bertz CT molecular complexity index is 629. The number of pyridine rings is 1. The molecule has 1 N–H and O–H groups in total. The number of nitrogens with one attached hydrogen (secondary N) is 1. The van der Waals surface area contributed by atoms with E-state index in [0.717, 1.165) is 25.9 Å². The Hall–Kier alpha value is -1.69. The van der Waals surface area contributed by atoms with Crippen molar-refractivity contribution in [2.75, 3.05) is 29.9 Å². The van der Waals surface area contributed by atoms with Gasteiger partial charge in [-0.05, 0) is 38.5 Å². The molecule has 3 fully saturated rings. The van der Waals surface area contributed by atoms with E-state index in [9.17, 15) is 9.18 Å². The summed E-state index contributed by atoms with van der Waals surface area (Å²) in [6.07, 6.45) is 12.2. The van der Waals surface area contributed by atoms with Crippen molar-refractivity contribution in [1.82, 2.24) is 9.88 Å². The first-order chi connectivity index (χ1) is 12.7. The van der Waals surface area contributed by atoms with Gasteiger partial charge in [0.25, 0.3) is 0 Å². The number of hydrogen-bond donors (Lipinski definition) is 1. The van der Waals surface area contributed by atoms with Gasteiger partial charge in [-0.25, -0.2) is 9.37 Å². The minimum Gasteiger partial charge on any atom is -0.354 e. The lowest BCUT2D eigenvalue weighted by Crippen LogP contribution is -2.44. The Balaban J connectivity index is 1.37. The predicted molar refractivity (Wildman–Crippen MR) is 101 cm³/mol. The summed E-state index contributed by atoms with van der Waals surface area (Å²) in [7, 11) is 0. The van der Waals surface area contributed by atoms with E-state index >= 15 is 0 Å². The smallest absolute Gasteiger partial charge is 0.238 e. The molecule has 0 aliphatic carbocycles. The fourth-order valence-electron chi connectivity index (χ4n) is 4.86. The van der Waals surface area contributed by atoms with E-state index in [1.165, 1.54) is 51.0 Å². The van der Waals surface area contributed by atoms with Gasteiger partial charge >= 0.3 is 0 Å². The highest BCUT2D eigenvalue weighted by atomic mass is 19.1. The number of nitrogens with zero attached hydrogens (tertiary/aromatic N) is 3. The molecular formula is C20H29FN4O. The molecule has 1 amide bonds. The van der Waals surface area contributed by atoms with E-state index < -0.39 is 0 Å². The first-order valence-corrected chi connectivity index (χ1v) is 10.2. The lowest BCUT2D eigenvalue weighted by molar-refractivity contribution is -0.118.